The number of nitrogens with one attached hydrogen (secondary N) is 7. The van der Waals surface area contributed by atoms with Crippen molar-refractivity contribution >= 4 is 70.8 Å². The SMILES string of the molecule is CC(C)C[C@H](NC(=O)[C@@H](CCCCN)NC(=O)[C@@H]1CCCN1C(=O)[C@@H](CC(=O)O)NC(=O)[C@@H](Cc1ccc(O)cc1)NC(=O)[C@H](CCC(=O)O)NC(=O)CCCCCN)C(=O)N[C@@H](CCCCNCC=C1C(=O)CC(C)(C)CC1=O)C(N)=O. The number of carboxylic acids is 2. The van der Waals surface area contributed by atoms with Gasteiger partial charge in [0.15, 0.2) is 11.6 Å². The Hall–Kier alpha value is -7.32. The number of hydrogen-bond acceptors (Lipinski definition) is 16. The highest BCUT2D eigenvalue weighted by molar-refractivity contribution is 6.22. The second-order valence-electron chi connectivity index (χ2n) is 22.6. The molecule has 2 aliphatic rings. The first-order valence-electron chi connectivity index (χ1n) is 28.8. The highest BCUT2D eigenvalue weighted by Crippen LogP contribution is 2.33. The summed E-state index contributed by atoms with van der Waals surface area (Å²) < 4.78 is 0. The topological polar surface area (TPSA) is 431 Å². The summed E-state index contributed by atoms with van der Waals surface area (Å²) >= 11 is 0. The number of carboxylic acid groups (broad SMARTS) is 2. The summed E-state index contributed by atoms with van der Waals surface area (Å²) in [6, 6.07) is -4.11. The number of unbranched alkanes of at least 4 members (excludes halogenated alkanes) is 4. The van der Waals surface area contributed by atoms with Gasteiger partial charge in [-0.05, 0) is 126 Å². The Balaban J connectivity index is 1.77. The molecule has 1 aromatic rings. The number of ketones is 2. The van der Waals surface area contributed by atoms with Gasteiger partial charge in [-0.1, -0.05) is 52.3 Å². The summed E-state index contributed by atoms with van der Waals surface area (Å²) in [7, 11) is 0. The van der Waals surface area contributed by atoms with E-state index in [0.717, 1.165) is 4.90 Å². The molecule has 0 radical (unpaired) electrons. The van der Waals surface area contributed by atoms with Gasteiger partial charge in [-0.25, -0.2) is 0 Å². The number of allylic oxidation sites excluding steroid dienone is 1. The van der Waals surface area contributed by atoms with E-state index in [1.807, 2.05) is 27.7 Å². The molecule has 1 heterocycles. The molecule has 0 spiro atoms. The van der Waals surface area contributed by atoms with E-state index in [9.17, 15) is 72.9 Å². The molecule has 462 valence electrons. The molecule has 1 saturated carbocycles. The summed E-state index contributed by atoms with van der Waals surface area (Å²) in [5, 5.41) is 48.1. The third-order valence-electron chi connectivity index (χ3n) is 14.3. The van der Waals surface area contributed by atoms with Crippen LogP contribution in [0.5, 0.6) is 5.75 Å². The van der Waals surface area contributed by atoms with Gasteiger partial charge in [0.1, 0.15) is 48.0 Å². The lowest BCUT2D eigenvalue weighted by molar-refractivity contribution is -0.146. The fourth-order valence-corrected chi connectivity index (χ4v) is 9.85. The minimum Gasteiger partial charge on any atom is -0.508 e. The smallest absolute Gasteiger partial charge is 0.305 e. The third kappa shape index (κ3) is 25.4. The first kappa shape index (κ1) is 69.9. The molecule has 0 aromatic heterocycles. The molecule has 1 aromatic carbocycles. The number of amides is 8. The van der Waals surface area contributed by atoms with Crippen LogP contribution in [0.25, 0.3) is 0 Å². The molecule has 1 aliphatic carbocycles. The lowest BCUT2D eigenvalue weighted by Crippen LogP contribution is -2.60. The number of nitrogens with two attached hydrogens (primary N) is 3. The minimum atomic E-state index is -1.81. The predicted octanol–water partition coefficient (Wildman–Crippen LogP) is -0.00200. The normalized spacial score (nSPS) is 17.0. The van der Waals surface area contributed by atoms with Crippen molar-refractivity contribution in [3.05, 3.63) is 41.5 Å². The summed E-state index contributed by atoms with van der Waals surface area (Å²) in [5.74, 6) is -9.99. The van der Waals surface area contributed by atoms with Crippen molar-refractivity contribution in [3.63, 3.8) is 0 Å². The fraction of sp³-hybridized carbons (Fsp3) is 0.649. The van der Waals surface area contributed by atoms with Crippen LogP contribution >= 0.6 is 0 Å². The number of nitrogens with zero attached hydrogens (tertiary/aromatic N) is 1. The zero-order valence-corrected chi connectivity index (χ0v) is 48.4. The van der Waals surface area contributed by atoms with Gasteiger partial charge in [0.05, 0.1) is 12.0 Å². The minimum absolute atomic E-state index is 0.00242. The molecular formula is C57H89N11O15. The number of Topliss-reactive ketones (excluding diaryl/α,β-unsaturated/α-hetero) is 2. The van der Waals surface area contributed by atoms with Crippen molar-refractivity contribution < 1.29 is 72.9 Å². The van der Waals surface area contributed by atoms with Crippen LogP contribution in [0.2, 0.25) is 0 Å². The van der Waals surface area contributed by atoms with Gasteiger partial charge in [0.2, 0.25) is 47.3 Å². The Morgan fingerprint density at radius 3 is 1.82 bits per heavy atom. The number of hydrogen-bond donors (Lipinski definition) is 13. The molecular weight excluding hydrogens is 1080 g/mol. The molecule has 0 bridgehead atoms. The number of phenolic OH excluding ortho intramolecular Hbond substituents is 1. The van der Waals surface area contributed by atoms with Crippen molar-refractivity contribution in [3.8, 4) is 5.75 Å². The number of aromatic hydroxyl groups is 1. The van der Waals surface area contributed by atoms with Crippen LogP contribution in [0.3, 0.4) is 0 Å². The van der Waals surface area contributed by atoms with E-state index in [-0.39, 0.29) is 105 Å². The van der Waals surface area contributed by atoms with Gasteiger partial charge in [0.25, 0.3) is 0 Å². The Bertz CT molecular complexity index is 2430. The van der Waals surface area contributed by atoms with Crippen LogP contribution in [0.15, 0.2) is 35.9 Å². The predicted molar refractivity (Wildman–Crippen MR) is 304 cm³/mol. The van der Waals surface area contributed by atoms with Gasteiger partial charge in [-0.2, -0.15) is 0 Å². The summed E-state index contributed by atoms with van der Waals surface area (Å²) in [6.45, 7) is 8.75. The molecule has 7 atom stereocenters. The zero-order chi connectivity index (χ0) is 61.8. The number of aliphatic carboxylic acids is 2. The standard InChI is InChI=1S/C57H89N11O15/c1-34(2)29-41(53(80)63-38(50(60)77)13-8-11-26-61-27-23-37-45(70)32-57(3,4)33-46(37)71)65-51(78)39(14-7-10-25-59)64-55(82)44-15-12-28-68(44)56(83)43(31-49(75)76)67-54(81)42(30-35-17-19-36(69)20-18-35)66-52(79)40(21-22-48(73)74)62-47(72)16-6-5-9-24-58/h17-20,23,34,38-44,61,69H,5-16,21-22,24-33,58-59H2,1-4H3,(H2,60,77)(H,62,72)(H,63,80)(H,64,82)(H,65,78)(H,66,79)(H,67,81)(H,73,74)(H,75,76)/t38-,39+,40-,41-,42+,43+,44-/m0/s1. The second-order valence-corrected chi connectivity index (χ2v) is 22.6. The maximum Gasteiger partial charge on any atom is 0.305 e. The van der Waals surface area contributed by atoms with Gasteiger partial charge in [0, 0.05) is 45.2 Å². The van der Waals surface area contributed by atoms with E-state index in [1.165, 1.54) is 24.3 Å². The maximum atomic E-state index is 14.4. The van der Waals surface area contributed by atoms with E-state index in [2.05, 4.69) is 37.2 Å². The molecule has 8 amide bonds. The van der Waals surface area contributed by atoms with Crippen LogP contribution < -0.4 is 54.4 Å². The first-order valence-corrected chi connectivity index (χ1v) is 28.8. The number of phenols is 1. The molecule has 16 N–H and O–H groups in total. The molecule has 3 rings (SSSR count). The van der Waals surface area contributed by atoms with Crippen molar-refractivity contribution in [2.45, 2.75) is 192 Å². The quantitative estimate of drug-likeness (QED) is 0.0235. The molecule has 26 nitrogen and oxygen atoms in total. The second kappa shape index (κ2) is 35.6. The van der Waals surface area contributed by atoms with Crippen LogP contribution in [-0.4, -0.2) is 166 Å². The third-order valence-corrected chi connectivity index (χ3v) is 14.3. The van der Waals surface area contributed by atoms with Gasteiger partial charge in [-0.15, -0.1) is 0 Å². The Kier molecular flexibility index (Phi) is 30.0. The Morgan fingerprint density at radius 1 is 0.663 bits per heavy atom. The molecule has 2 fully saturated rings. The van der Waals surface area contributed by atoms with Crippen LogP contribution in [0.4, 0.5) is 0 Å². The maximum absolute atomic E-state index is 14.4. The summed E-state index contributed by atoms with van der Waals surface area (Å²) in [6.07, 6.45) is 4.19. The highest BCUT2D eigenvalue weighted by Gasteiger charge is 2.41. The van der Waals surface area contributed by atoms with E-state index >= 15 is 0 Å². The Labute approximate surface area is 484 Å². The summed E-state index contributed by atoms with van der Waals surface area (Å²) in [4.78, 5) is 160. The number of likely N-dealkylation sites (tertiary alicyclic amines) is 1. The van der Waals surface area contributed by atoms with Crippen LogP contribution in [0.1, 0.15) is 149 Å². The highest BCUT2D eigenvalue weighted by atomic mass is 16.4. The number of benzene rings is 1. The van der Waals surface area contributed by atoms with Gasteiger partial charge < -0.3 is 74.6 Å². The van der Waals surface area contributed by atoms with Gasteiger partial charge >= 0.3 is 11.9 Å². The molecule has 26 heteroatoms. The van der Waals surface area contributed by atoms with E-state index in [0.29, 0.717) is 76.4 Å². The number of primary amides is 1. The first-order chi connectivity index (χ1) is 39.2. The van der Waals surface area contributed by atoms with Crippen LogP contribution in [-0.2, 0) is 64.0 Å². The molecule has 83 heavy (non-hydrogen) atoms. The van der Waals surface area contributed by atoms with Crippen molar-refractivity contribution in [1.82, 2.24) is 42.1 Å². The van der Waals surface area contributed by atoms with Crippen LogP contribution in [0, 0.1) is 11.3 Å². The van der Waals surface area contributed by atoms with Crippen molar-refractivity contribution in [2.24, 2.45) is 28.5 Å². The molecule has 1 aliphatic heterocycles. The monoisotopic (exact) mass is 1170 g/mol. The van der Waals surface area contributed by atoms with E-state index in [1.54, 1.807) is 6.08 Å². The number of carbonyl (C=O) groups is 12. The number of rotatable bonds is 38. The van der Waals surface area contributed by atoms with Crippen molar-refractivity contribution in [1.29, 1.82) is 0 Å². The fourth-order valence-electron chi connectivity index (χ4n) is 9.85. The lowest BCUT2D eigenvalue weighted by Gasteiger charge is -2.31. The number of carbonyl (C=O) groups excluding carboxylic acids is 10. The summed E-state index contributed by atoms with van der Waals surface area (Å²) in [5.41, 5.74) is 17.2. The lowest BCUT2D eigenvalue weighted by atomic mass is 9.74. The van der Waals surface area contributed by atoms with E-state index < -0.39 is 114 Å². The van der Waals surface area contributed by atoms with Gasteiger partial charge in [-0.3, -0.25) is 57.5 Å². The molecule has 1 saturated heterocycles. The zero-order valence-electron chi connectivity index (χ0n) is 48.4. The van der Waals surface area contributed by atoms with Crippen molar-refractivity contribution in [2.75, 3.05) is 32.7 Å². The average Bonchev–Trinajstić information content (AvgIpc) is 4.20. The molecule has 0 unspecified atom stereocenters. The largest absolute Gasteiger partial charge is 0.508 e. The Morgan fingerprint density at radius 2 is 1.22 bits per heavy atom. The van der Waals surface area contributed by atoms with E-state index in [4.69, 9.17) is 17.2 Å². The average molecular weight is 1170 g/mol.